The van der Waals surface area contributed by atoms with E-state index in [1.54, 1.807) is 6.07 Å². The number of hydrogen-bond donors (Lipinski definition) is 1. The maximum Gasteiger partial charge on any atom is 0.339 e. The fraction of sp³-hybridized carbons (Fsp3) is 0.273. The highest BCUT2D eigenvalue weighted by Gasteiger charge is 2.23. The zero-order valence-corrected chi connectivity index (χ0v) is 10.9. The van der Waals surface area contributed by atoms with Gasteiger partial charge in [0.15, 0.2) is 6.10 Å². The van der Waals surface area contributed by atoms with Gasteiger partial charge in [0.05, 0.1) is 19.8 Å². The minimum atomic E-state index is -1.45. The molecular weight excluding hydrogens is 292 g/mol. The fourth-order valence-electron chi connectivity index (χ4n) is 1.27. The van der Waals surface area contributed by atoms with Gasteiger partial charge in [0.25, 0.3) is 0 Å². The quantitative estimate of drug-likeness (QED) is 0.855. The second-order valence-corrected chi connectivity index (χ2v) is 3.92. The van der Waals surface area contributed by atoms with Crippen molar-refractivity contribution in [2.24, 2.45) is 0 Å². The second kappa shape index (κ2) is 5.79. The van der Waals surface area contributed by atoms with Gasteiger partial charge in [-0.05, 0) is 22.0 Å². The first-order valence-corrected chi connectivity index (χ1v) is 5.44. The van der Waals surface area contributed by atoms with Gasteiger partial charge in [-0.1, -0.05) is 12.1 Å². The van der Waals surface area contributed by atoms with Crippen molar-refractivity contribution in [1.82, 2.24) is 0 Å². The van der Waals surface area contributed by atoms with E-state index in [9.17, 15) is 14.7 Å². The number of halogens is 1. The van der Waals surface area contributed by atoms with Crippen LogP contribution in [0.3, 0.4) is 0 Å². The zero-order chi connectivity index (χ0) is 13.0. The highest BCUT2D eigenvalue weighted by atomic mass is 79.9. The van der Waals surface area contributed by atoms with Crippen molar-refractivity contribution >= 4 is 27.9 Å². The van der Waals surface area contributed by atoms with Crippen molar-refractivity contribution in [3.05, 3.63) is 33.8 Å². The highest BCUT2D eigenvalue weighted by molar-refractivity contribution is 9.10. The van der Waals surface area contributed by atoms with Gasteiger partial charge in [0.1, 0.15) is 0 Å². The molecule has 92 valence electrons. The summed E-state index contributed by atoms with van der Waals surface area (Å²) in [6, 6.07) is 4.57. The number of hydrogen-bond acceptors (Lipinski definition) is 5. The van der Waals surface area contributed by atoms with Crippen LogP contribution < -0.4 is 0 Å². The Hall–Kier alpha value is -1.40. The van der Waals surface area contributed by atoms with E-state index in [0.717, 1.165) is 0 Å². The van der Waals surface area contributed by atoms with Gasteiger partial charge in [-0.25, -0.2) is 9.59 Å². The van der Waals surface area contributed by atoms with Crippen LogP contribution in [0.2, 0.25) is 0 Å². The minimum Gasteiger partial charge on any atom is -0.467 e. The molecule has 0 bridgehead atoms. The number of aliphatic hydroxyl groups is 1. The smallest absolute Gasteiger partial charge is 0.339 e. The van der Waals surface area contributed by atoms with Crippen molar-refractivity contribution < 1.29 is 24.2 Å². The third kappa shape index (κ3) is 2.83. The molecule has 1 aromatic rings. The summed E-state index contributed by atoms with van der Waals surface area (Å²) in [4.78, 5) is 22.6. The van der Waals surface area contributed by atoms with E-state index < -0.39 is 18.0 Å². The van der Waals surface area contributed by atoms with E-state index in [2.05, 4.69) is 25.4 Å². The number of aliphatic hydroxyl groups excluding tert-OH is 1. The molecule has 1 atom stereocenters. The van der Waals surface area contributed by atoms with Gasteiger partial charge < -0.3 is 14.6 Å². The summed E-state index contributed by atoms with van der Waals surface area (Å²) in [7, 11) is 2.42. The summed E-state index contributed by atoms with van der Waals surface area (Å²) >= 11 is 3.15. The van der Waals surface area contributed by atoms with Crippen molar-refractivity contribution in [3.8, 4) is 0 Å². The molecule has 0 aliphatic heterocycles. The molecule has 0 aliphatic rings. The topological polar surface area (TPSA) is 72.8 Å². The van der Waals surface area contributed by atoms with Gasteiger partial charge in [-0.2, -0.15) is 0 Å². The molecule has 1 rings (SSSR count). The first kappa shape index (κ1) is 13.7. The third-order valence-corrected chi connectivity index (χ3v) is 3.04. The van der Waals surface area contributed by atoms with Crippen LogP contribution in [0.5, 0.6) is 0 Å². The molecule has 1 aromatic carbocycles. The molecule has 0 aromatic heterocycles. The summed E-state index contributed by atoms with van der Waals surface area (Å²) in [6.45, 7) is 0. The largest absolute Gasteiger partial charge is 0.467 e. The SMILES string of the molecule is COC(=O)c1cccc(C(O)C(=O)OC)c1Br. The molecule has 1 N–H and O–H groups in total. The lowest BCUT2D eigenvalue weighted by Gasteiger charge is -2.12. The number of benzene rings is 1. The number of methoxy groups -OCH3 is 2. The number of carbonyl (C=O) groups is 2. The summed E-state index contributed by atoms with van der Waals surface area (Å²) < 4.78 is 9.30. The van der Waals surface area contributed by atoms with Gasteiger partial charge in [-0.3, -0.25) is 0 Å². The Morgan fingerprint density at radius 1 is 1.29 bits per heavy atom. The van der Waals surface area contributed by atoms with Gasteiger partial charge >= 0.3 is 11.9 Å². The first-order chi connectivity index (χ1) is 8.02. The summed E-state index contributed by atoms with van der Waals surface area (Å²) in [5.41, 5.74) is 0.479. The average molecular weight is 303 g/mol. The normalized spacial score (nSPS) is 11.8. The fourth-order valence-corrected chi connectivity index (χ4v) is 1.91. The minimum absolute atomic E-state index is 0.230. The van der Waals surface area contributed by atoms with Crippen LogP contribution in [-0.4, -0.2) is 31.3 Å². The molecule has 0 fully saturated rings. The molecule has 0 aliphatic carbocycles. The molecule has 0 saturated heterocycles. The Labute approximate surface area is 106 Å². The first-order valence-electron chi connectivity index (χ1n) is 4.65. The number of esters is 2. The van der Waals surface area contributed by atoms with Crippen molar-refractivity contribution in [3.63, 3.8) is 0 Å². The van der Waals surface area contributed by atoms with E-state index >= 15 is 0 Å². The van der Waals surface area contributed by atoms with E-state index in [0.29, 0.717) is 4.47 Å². The molecule has 0 saturated carbocycles. The highest BCUT2D eigenvalue weighted by Crippen LogP contribution is 2.28. The predicted octanol–water partition coefficient (Wildman–Crippen LogP) is 1.44. The van der Waals surface area contributed by atoms with Crippen molar-refractivity contribution in [2.75, 3.05) is 14.2 Å². The summed E-state index contributed by atoms with van der Waals surface area (Å²) in [5, 5.41) is 9.69. The Morgan fingerprint density at radius 3 is 2.47 bits per heavy atom. The van der Waals surface area contributed by atoms with E-state index in [1.165, 1.54) is 26.4 Å². The van der Waals surface area contributed by atoms with Crippen LogP contribution in [0.15, 0.2) is 22.7 Å². The van der Waals surface area contributed by atoms with Crippen LogP contribution in [0, 0.1) is 0 Å². The molecule has 5 nitrogen and oxygen atoms in total. The van der Waals surface area contributed by atoms with Crippen LogP contribution >= 0.6 is 15.9 Å². The monoisotopic (exact) mass is 302 g/mol. The standard InChI is InChI=1S/C11H11BrO5/c1-16-10(14)7-5-3-4-6(8(7)12)9(13)11(15)17-2/h3-5,9,13H,1-2H3. The lowest BCUT2D eigenvalue weighted by atomic mass is 10.1. The number of ether oxygens (including phenoxy) is 2. The molecular formula is C11H11BrO5. The third-order valence-electron chi connectivity index (χ3n) is 2.15. The van der Waals surface area contributed by atoms with Crippen LogP contribution in [0.4, 0.5) is 0 Å². The summed E-state index contributed by atoms with van der Waals surface area (Å²) in [5.74, 6) is -1.36. The maximum atomic E-state index is 11.4. The van der Waals surface area contributed by atoms with E-state index in [4.69, 9.17) is 0 Å². The lowest BCUT2D eigenvalue weighted by molar-refractivity contribution is -0.150. The Balaban J connectivity index is 3.19. The van der Waals surface area contributed by atoms with E-state index in [-0.39, 0.29) is 11.1 Å². The summed E-state index contributed by atoms with van der Waals surface area (Å²) in [6.07, 6.45) is -1.45. The molecule has 1 unspecified atom stereocenters. The van der Waals surface area contributed by atoms with Crippen LogP contribution in [0.25, 0.3) is 0 Å². The molecule has 0 heterocycles. The van der Waals surface area contributed by atoms with Crippen molar-refractivity contribution in [1.29, 1.82) is 0 Å². The Kier molecular flexibility index (Phi) is 4.65. The average Bonchev–Trinajstić information content (AvgIpc) is 2.36. The Bertz CT molecular complexity index is 443. The Morgan fingerprint density at radius 2 is 1.94 bits per heavy atom. The molecule has 0 spiro atoms. The second-order valence-electron chi connectivity index (χ2n) is 3.13. The lowest BCUT2D eigenvalue weighted by Crippen LogP contribution is -2.15. The zero-order valence-electron chi connectivity index (χ0n) is 9.27. The molecule has 6 heteroatoms. The predicted molar refractivity (Wildman–Crippen MR) is 62.5 cm³/mol. The number of carbonyl (C=O) groups excluding carboxylic acids is 2. The molecule has 0 amide bonds. The van der Waals surface area contributed by atoms with Crippen molar-refractivity contribution in [2.45, 2.75) is 6.10 Å². The molecule has 0 radical (unpaired) electrons. The van der Waals surface area contributed by atoms with Gasteiger partial charge in [0.2, 0.25) is 0 Å². The van der Waals surface area contributed by atoms with Crippen LogP contribution in [-0.2, 0) is 14.3 Å². The van der Waals surface area contributed by atoms with E-state index in [1.807, 2.05) is 0 Å². The molecule has 17 heavy (non-hydrogen) atoms. The van der Waals surface area contributed by atoms with Gasteiger partial charge in [-0.15, -0.1) is 0 Å². The number of rotatable bonds is 3. The van der Waals surface area contributed by atoms with Gasteiger partial charge in [0, 0.05) is 10.0 Å². The maximum absolute atomic E-state index is 11.4. The van der Waals surface area contributed by atoms with Crippen LogP contribution in [0.1, 0.15) is 22.0 Å².